The first kappa shape index (κ1) is 19.5. The molecular weight excluding hydrogens is 408 g/mol. The highest BCUT2D eigenvalue weighted by Crippen LogP contribution is 2.43. The second-order valence-electron chi connectivity index (χ2n) is 7.39. The van der Waals surface area contributed by atoms with E-state index in [0.29, 0.717) is 29.1 Å². The molecule has 4 aromatic carbocycles. The van der Waals surface area contributed by atoms with Crippen LogP contribution in [0.5, 0.6) is 5.75 Å². The van der Waals surface area contributed by atoms with Gasteiger partial charge in [0.1, 0.15) is 11.3 Å². The Labute approximate surface area is 184 Å². The highest BCUT2D eigenvalue weighted by molar-refractivity contribution is 6.30. The van der Waals surface area contributed by atoms with Crippen LogP contribution in [-0.2, 0) is 4.79 Å². The third kappa shape index (κ3) is 3.49. The molecule has 0 aliphatic rings. The lowest BCUT2D eigenvalue weighted by molar-refractivity contribution is -0.134. The van der Waals surface area contributed by atoms with Crippen molar-refractivity contribution in [1.29, 1.82) is 0 Å². The number of halogens is 1. The molecule has 0 fully saturated rings. The maximum atomic E-state index is 12.6. The summed E-state index contributed by atoms with van der Waals surface area (Å²) in [5, 5.41) is 2.36. The predicted octanol–water partition coefficient (Wildman–Crippen LogP) is 6.96. The number of fused-ring (bicyclic) bond motifs is 4. The summed E-state index contributed by atoms with van der Waals surface area (Å²) in [7, 11) is 0. The molecule has 5 aromatic rings. The zero-order chi connectivity index (χ0) is 21.4. The van der Waals surface area contributed by atoms with E-state index in [1.54, 1.807) is 0 Å². The van der Waals surface area contributed by atoms with Gasteiger partial charge in [-0.15, -0.1) is 0 Å². The number of ether oxygens (including phenoxy) is 1. The smallest absolute Gasteiger partial charge is 0.311 e. The Kier molecular flexibility index (Phi) is 5.00. The van der Waals surface area contributed by atoms with Crippen LogP contribution in [0, 0.1) is 0 Å². The Morgan fingerprint density at radius 3 is 2.13 bits per heavy atom. The fourth-order valence-electron chi connectivity index (χ4n) is 3.85. The van der Waals surface area contributed by atoms with Gasteiger partial charge in [0.25, 0.3) is 0 Å². The summed E-state index contributed by atoms with van der Waals surface area (Å²) in [6.45, 7) is 1.96. The molecule has 4 nitrogen and oxygen atoms in total. The van der Waals surface area contributed by atoms with Crippen molar-refractivity contribution < 1.29 is 9.53 Å². The standard InChI is InChI=1S/C26H19ClN2O2/c1-2-7-22(30)31-26-19-9-4-3-8-18(19)24-25(23(26)16-12-14-17(27)15-13-16)29-21-11-6-5-10-20(21)28-24/h3-6,8-15H,2,7H2,1H3. The van der Waals surface area contributed by atoms with Crippen LogP contribution in [-0.4, -0.2) is 15.9 Å². The van der Waals surface area contributed by atoms with Crippen molar-refractivity contribution in [2.45, 2.75) is 19.8 Å². The summed E-state index contributed by atoms with van der Waals surface area (Å²) in [5.41, 5.74) is 4.68. The molecule has 0 radical (unpaired) electrons. The van der Waals surface area contributed by atoms with Crippen molar-refractivity contribution >= 4 is 50.4 Å². The average Bonchev–Trinajstić information content (AvgIpc) is 2.79. The van der Waals surface area contributed by atoms with Crippen LogP contribution >= 0.6 is 11.6 Å². The number of aromatic nitrogens is 2. The lowest BCUT2D eigenvalue weighted by Crippen LogP contribution is -2.09. The van der Waals surface area contributed by atoms with Crippen molar-refractivity contribution in [3.05, 3.63) is 77.8 Å². The van der Waals surface area contributed by atoms with Crippen LogP contribution < -0.4 is 4.74 Å². The average molecular weight is 427 g/mol. The number of hydrogen-bond donors (Lipinski definition) is 0. The second kappa shape index (κ2) is 7.97. The number of carbonyl (C=O) groups is 1. The van der Waals surface area contributed by atoms with E-state index in [1.807, 2.05) is 79.7 Å². The van der Waals surface area contributed by atoms with Crippen molar-refractivity contribution in [2.24, 2.45) is 0 Å². The third-order valence-corrected chi connectivity index (χ3v) is 5.52. The van der Waals surface area contributed by atoms with Gasteiger partial charge in [-0.3, -0.25) is 4.79 Å². The molecule has 0 aliphatic carbocycles. The molecule has 5 rings (SSSR count). The fraction of sp³-hybridized carbons (Fsp3) is 0.115. The maximum absolute atomic E-state index is 12.6. The van der Waals surface area contributed by atoms with Gasteiger partial charge in [-0.05, 0) is 36.2 Å². The zero-order valence-corrected chi connectivity index (χ0v) is 17.7. The van der Waals surface area contributed by atoms with Gasteiger partial charge in [-0.25, -0.2) is 9.97 Å². The molecule has 0 saturated heterocycles. The van der Waals surface area contributed by atoms with Crippen LogP contribution in [0.1, 0.15) is 19.8 Å². The molecule has 0 saturated carbocycles. The van der Waals surface area contributed by atoms with Gasteiger partial charge >= 0.3 is 5.97 Å². The van der Waals surface area contributed by atoms with Crippen LogP contribution in [0.15, 0.2) is 72.8 Å². The Balaban J connectivity index is 1.95. The molecular formula is C26H19ClN2O2. The molecule has 0 amide bonds. The fourth-order valence-corrected chi connectivity index (χ4v) is 3.98. The first-order chi connectivity index (χ1) is 15.2. The van der Waals surface area contributed by atoms with Crippen molar-refractivity contribution in [3.63, 3.8) is 0 Å². The van der Waals surface area contributed by atoms with E-state index in [0.717, 1.165) is 38.4 Å². The Hall–Kier alpha value is -3.50. The topological polar surface area (TPSA) is 52.1 Å². The van der Waals surface area contributed by atoms with Crippen molar-refractivity contribution in [1.82, 2.24) is 9.97 Å². The molecule has 0 N–H and O–H groups in total. The number of hydrogen-bond acceptors (Lipinski definition) is 4. The van der Waals surface area contributed by atoms with E-state index in [-0.39, 0.29) is 5.97 Å². The van der Waals surface area contributed by atoms with E-state index in [4.69, 9.17) is 26.3 Å². The summed E-state index contributed by atoms with van der Waals surface area (Å²) in [5.74, 6) is 0.240. The van der Waals surface area contributed by atoms with E-state index < -0.39 is 0 Å². The van der Waals surface area contributed by atoms with Crippen molar-refractivity contribution in [3.8, 4) is 16.9 Å². The highest BCUT2D eigenvalue weighted by atomic mass is 35.5. The van der Waals surface area contributed by atoms with Gasteiger partial charge < -0.3 is 4.74 Å². The van der Waals surface area contributed by atoms with E-state index in [2.05, 4.69) is 0 Å². The van der Waals surface area contributed by atoms with Gasteiger partial charge in [0.15, 0.2) is 0 Å². The monoisotopic (exact) mass is 426 g/mol. The minimum Gasteiger partial charge on any atom is -0.425 e. The number of carbonyl (C=O) groups excluding carboxylic acids is 1. The predicted molar refractivity (Wildman–Crippen MR) is 126 cm³/mol. The summed E-state index contributed by atoms with van der Waals surface area (Å²) in [4.78, 5) is 22.5. The number of para-hydroxylation sites is 2. The van der Waals surface area contributed by atoms with Gasteiger partial charge in [0.05, 0.1) is 22.1 Å². The summed E-state index contributed by atoms with van der Waals surface area (Å²) >= 11 is 6.14. The summed E-state index contributed by atoms with van der Waals surface area (Å²) in [6.07, 6.45) is 1.06. The van der Waals surface area contributed by atoms with E-state index in [1.165, 1.54) is 0 Å². The molecule has 0 aliphatic heterocycles. The molecule has 152 valence electrons. The van der Waals surface area contributed by atoms with Crippen LogP contribution in [0.4, 0.5) is 0 Å². The van der Waals surface area contributed by atoms with E-state index >= 15 is 0 Å². The zero-order valence-electron chi connectivity index (χ0n) is 16.9. The second-order valence-corrected chi connectivity index (χ2v) is 7.83. The lowest BCUT2D eigenvalue weighted by atomic mass is 9.96. The Bertz CT molecular complexity index is 1450. The largest absolute Gasteiger partial charge is 0.425 e. The first-order valence-corrected chi connectivity index (χ1v) is 10.6. The molecule has 5 heteroatoms. The normalized spacial score (nSPS) is 11.3. The maximum Gasteiger partial charge on any atom is 0.311 e. The number of benzene rings is 4. The lowest BCUT2D eigenvalue weighted by Gasteiger charge is -2.17. The van der Waals surface area contributed by atoms with Gasteiger partial charge in [-0.2, -0.15) is 0 Å². The molecule has 0 atom stereocenters. The minimum absolute atomic E-state index is 0.268. The Morgan fingerprint density at radius 2 is 1.45 bits per heavy atom. The number of nitrogens with zero attached hydrogens (tertiary/aromatic N) is 2. The van der Waals surface area contributed by atoms with Gasteiger partial charge in [0.2, 0.25) is 0 Å². The van der Waals surface area contributed by atoms with Crippen LogP contribution in [0.2, 0.25) is 5.02 Å². The molecule has 31 heavy (non-hydrogen) atoms. The van der Waals surface area contributed by atoms with Gasteiger partial charge in [-0.1, -0.05) is 67.1 Å². The molecule has 1 aromatic heterocycles. The first-order valence-electron chi connectivity index (χ1n) is 10.2. The summed E-state index contributed by atoms with van der Waals surface area (Å²) < 4.78 is 5.96. The number of esters is 1. The minimum atomic E-state index is -0.268. The van der Waals surface area contributed by atoms with E-state index in [9.17, 15) is 4.79 Å². The SMILES string of the molecule is CCCC(=O)Oc1c(-c2ccc(Cl)cc2)c2nc3ccccc3nc2c2ccccc12. The quantitative estimate of drug-likeness (QED) is 0.135. The highest BCUT2D eigenvalue weighted by Gasteiger charge is 2.21. The molecule has 1 heterocycles. The van der Waals surface area contributed by atoms with Crippen molar-refractivity contribution in [2.75, 3.05) is 0 Å². The molecule has 0 unspecified atom stereocenters. The third-order valence-electron chi connectivity index (χ3n) is 5.26. The molecule has 0 spiro atoms. The Morgan fingerprint density at radius 1 is 0.839 bits per heavy atom. The van der Waals surface area contributed by atoms with Crippen LogP contribution in [0.25, 0.3) is 44.0 Å². The van der Waals surface area contributed by atoms with Gasteiger partial charge in [0, 0.05) is 22.2 Å². The van der Waals surface area contributed by atoms with Crippen LogP contribution in [0.3, 0.4) is 0 Å². The summed E-state index contributed by atoms with van der Waals surface area (Å²) in [6, 6.07) is 23.1. The number of rotatable bonds is 4. The molecule has 0 bridgehead atoms.